The number of esters is 1. The first-order valence-electron chi connectivity index (χ1n) is 7.10. The Hall–Kier alpha value is -1.35. The normalized spacial score (nSPS) is 10.4. The van der Waals surface area contributed by atoms with Crippen molar-refractivity contribution in [3.8, 4) is 0 Å². The number of hydrogen-bond acceptors (Lipinski definition) is 3. The Labute approximate surface area is 115 Å². The number of hydrogen-bond donors (Lipinski definition) is 0. The molecular formula is C16H24O3. The lowest BCUT2D eigenvalue weighted by Gasteiger charge is -2.06. The van der Waals surface area contributed by atoms with Crippen molar-refractivity contribution in [2.24, 2.45) is 0 Å². The molecule has 0 spiro atoms. The lowest BCUT2D eigenvalue weighted by Crippen LogP contribution is -2.10. The van der Waals surface area contributed by atoms with Gasteiger partial charge in [-0.15, -0.1) is 0 Å². The van der Waals surface area contributed by atoms with Gasteiger partial charge in [0, 0.05) is 6.42 Å². The highest BCUT2D eigenvalue weighted by Gasteiger charge is 2.02. The Morgan fingerprint density at radius 1 is 1.05 bits per heavy atom. The first kappa shape index (κ1) is 15.7. The first-order chi connectivity index (χ1) is 9.33. The van der Waals surface area contributed by atoms with E-state index in [1.807, 2.05) is 30.3 Å². The van der Waals surface area contributed by atoms with E-state index in [1.165, 1.54) is 12.8 Å². The van der Waals surface area contributed by atoms with Gasteiger partial charge in [0.2, 0.25) is 0 Å². The van der Waals surface area contributed by atoms with Gasteiger partial charge in [-0.25, -0.2) is 0 Å². The maximum absolute atomic E-state index is 11.4. The summed E-state index contributed by atoms with van der Waals surface area (Å²) in [6, 6.07) is 9.97. The summed E-state index contributed by atoms with van der Waals surface area (Å²) in [5.41, 5.74) is 1.13. The average Bonchev–Trinajstić information content (AvgIpc) is 2.44. The molecule has 0 radical (unpaired) electrons. The van der Waals surface area contributed by atoms with Crippen LogP contribution in [0.5, 0.6) is 0 Å². The van der Waals surface area contributed by atoms with Crippen LogP contribution in [0.3, 0.4) is 0 Å². The Morgan fingerprint density at radius 3 is 2.58 bits per heavy atom. The zero-order chi connectivity index (χ0) is 13.8. The fourth-order valence-electron chi connectivity index (χ4n) is 1.75. The maximum Gasteiger partial charge on any atom is 0.305 e. The average molecular weight is 264 g/mol. The third-order valence-corrected chi connectivity index (χ3v) is 2.84. The SMILES string of the molecule is CCCCCCC(=O)OCCOCc1ccccc1. The maximum atomic E-state index is 11.4. The molecule has 0 atom stereocenters. The molecule has 19 heavy (non-hydrogen) atoms. The molecule has 0 heterocycles. The molecule has 3 nitrogen and oxygen atoms in total. The van der Waals surface area contributed by atoms with Crippen LogP contribution in [0.1, 0.15) is 44.6 Å². The second-order valence-electron chi connectivity index (χ2n) is 4.57. The zero-order valence-electron chi connectivity index (χ0n) is 11.8. The molecule has 0 bridgehead atoms. The van der Waals surface area contributed by atoms with Crippen molar-refractivity contribution in [1.29, 1.82) is 0 Å². The van der Waals surface area contributed by atoms with Gasteiger partial charge in [-0.1, -0.05) is 56.5 Å². The van der Waals surface area contributed by atoms with Crippen LogP contribution >= 0.6 is 0 Å². The molecule has 1 aromatic carbocycles. The Kier molecular flexibility index (Phi) is 8.73. The van der Waals surface area contributed by atoms with E-state index in [9.17, 15) is 4.79 Å². The predicted molar refractivity (Wildman–Crippen MR) is 75.8 cm³/mol. The summed E-state index contributed by atoms with van der Waals surface area (Å²) >= 11 is 0. The van der Waals surface area contributed by atoms with Gasteiger partial charge in [-0.3, -0.25) is 4.79 Å². The van der Waals surface area contributed by atoms with Gasteiger partial charge >= 0.3 is 5.97 Å². The molecule has 3 heteroatoms. The molecule has 0 saturated heterocycles. The topological polar surface area (TPSA) is 35.5 Å². The number of ether oxygens (including phenoxy) is 2. The van der Waals surface area contributed by atoms with E-state index in [2.05, 4.69) is 6.92 Å². The summed E-state index contributed by atoms with van der Waals surface area (Å²) in [6.45, 7) is 3.52. The lowest BCUT2D eigenvalue weighted by atomic mass is 10.2. The second-order valence-corrected chi connectivity index (χ2v) is 4.57. The van der Waals surface area contributed by atoms with Crippen LogP contribution in [0.2, 0.25) is 0 Å². The summed E-state index contributed by atoms with van der Waals surface area (Å²) in [7, 11) is 0. The molecule has 0 N–H and O–H groups in total. The molecule has 0 aliphatic heterocycles. The molecule has 1 aromatic rings. The largest absolute Gasteiger partial charge is 0.463 e. The van der Waals surface area contributed by atoms with Crippen LogP contribution in [0.4, 0.5) is 0 Å². The molecule has 106 valence electrons. The van der Waals surface area contributed by atoms with E-state index in [0.717, 1.165) is 18.4 Å². The van der Waals surface area contributed by atoms with Gasteiger partial charge in [0.15, 0.2) is 0 Å². The van der Waals surface area contributed by atoms with Gasteiger partial charge in [0.1, 0.15) is 6.61 Å². The monoisotopic (exact) mass is 264 g/mol. The van der Waals surface area contributed by atoms with Crippen LogP contribution in [-0.2, 0) is 20.9 Å². The van der Waals surface area contributed by atoms with Crippen LogP contribution < -0.4 is 0 Å². The highest BCUT2D eigenvalue weighted by molar-refractivity contribution is 5.69. The zero-order valence-corrected chi connectivity index (χ0v) is 11.8. The van der Waals surface area contributed by atoms with E-state index in [0.29, 0.717) is 26.2 Å². The summed E-state index contributed by atoms with van der Waals surface area (Å²) in [4.78, 5) is 11.4. The van der Waals surface area contributed by atoms with Crippen LogP contribution in [-0.4, -0.2) is 19.2 Å². The number of carbonyl (C=O) groups excluding carboxylic acids is 1. The third-order valence-electron chi connectivity index (χ3n) is 2.84. The first-order valence-corrected chi connectivity index (χ1v) is 7.10. The van der Waals surface area contributed by atoms with E-state index < -0.39 is 0 Å². The summed E-state index contributed by atoms with van der Waals surface area (Å²) < 4.78 is 10.5. The van der Waals surface area contributed by atoms with Crippen LogP contribution in [0.15, 0.2) is 30.3 Å². The molecule has 0 aliphatic carbocycles. The fourth-order valence-corrected chi connectivity index (χ4v) is 1.75. The van der Waals surface area contributed by atoms with Crippen molar-refractivity contribution >= 4 is 5.97 Å². The molecular weight excluding hydrogens is 240 g/mol. The van der Waals surface area contributed by atoms with Gasteiger partial charge in [-0.05, 0) is 12.0 Å². The van der Waals surface area contributed by atoms with E-state index in [-0.39, 0.29) is 5.97 Å². The number of benzene rings is 1. The van der Waals surface area contributed by atoms with Gasteiger partial charge in [0.05, 0.1) is 13.2 Å². The highest BCUT2D eigenvalue weighted by Crippen LogP contribution is 2.04. The quantitative estimate of drug-likeness (QED) is 0.477. The molecule has 0 saturated carbocycles. The summed E-state index contributed by atoms with van der Waals surface area (Å²) in [6.07, 6.45) is 4.93. The molecule has 0 aromatic heterocycles. The minimum Gasteiger partial charge on any atom is -0.463 e. The molecule has 0 fully saturated rings. The van der Waals surface area contributed by atoms with E-state index in [4.69, 9.17) is 9.47 Å². The molecule has 0 unspecified atom stereocenters. The van der Waals surface area contributed by atoms with Crippen LogP contribution in [0.25, 0.3) is 0 Å². The van der Waals surface area contributed by atoms with Crippen molar-refractivity contribution < 1.29 is 14.3 Å². The van der Waals surface area contributed by atoms with Gasteiger partial charge < -0.3 is 9.47 Å². The highest BCUT2D eigenvalue weighted by atomic mass is 16.6. The number of unbranched alkanes of at least 4 members (excludes halogenated alkanes) is 3. The van der Waals surface area contributed by atoms with E-state index in [1.54, 1.807) is 0 Å². The number of carbonyl (C=O) groups is 1. The van der Waals surface area contributed by atoms with Crippen molar-refractivity contribution in [3.05, 3.63) is 35.9 Å². The fraction of sp³-hybridized carbons (Fsp3) is 0.562. The second kappa shape index (κ2) is 10.6. The lowest BCUT2D eigenvalue weighted by molar-refractivity contribution is -0.145. The predicted octanol–water partition coefficient (Wildman–Crippen LogP) is 3.72. The molecule has 0 aliphatic rings. The Balaban J connectivity index is 1.94. The van der Waals surface area contributed by atoms with Crippen LogP contribution in [0, 0.1) is 0 Å². The molecule has 1 rings (SSSR count). The summed E-state index contributed by atoms with van der Waals surface area (Å²) in [5.74, 6) is -0.112. The standard InChI is InChI=1S/C16H24O3/c1-2-3-4-8-11-16(17)19-13-12-18-14-15-9-6-5-7-10-15/h5-7,9-10H,2-4,8,11-14H2,1H3. The van der Waals surface area contributed by atoms with Gasteiger partial charge in [-0.2, -0.15) is 0 Å². The van der Waals surface area contributed by atoms with Crippen molar-refractivity contribution in [2.75, 3.05) is 13.2 Å². The Bertz CT molecular complexity index is 335. The Morgan fingerprint density at radius 2 is 1.84 bits per heavy atom. The third kappa shape index (κ3) is 8.38. The number of rotatable bonds is 10. The van der Waals surface area contributed by atoms with Crippen molar-refractivity contribution in [3.63, 3.8) is 0 Å². The molecule has 0 amide bonds. The minimum atomic E-state index is -0.112. The minimum absolute atomic E-state index is 0.112. The smallest absolute Gasteiger partial charge is 0.305 e. The summed E-state index contributed by atoms with van der Waals surface area (Å²) in [5, 5.41) is 0. The van der Waals surface area contributed by atoms with Crippen molar-refractivity contribution in [1.82, 2.24) is 0 Å². The van der Waals surface area contributed by atoms with Crippen molar-refractivity contribution in [2.45, 2.75) is 45.6 Å². The van der Waals surface area contributed by atoms with E-state index >= 15 is 0 Å². The van der Waals surface area contributed by atoms with Gasteiger partial charge in [0.25, 0.3) is 0 Å².